The van der Waals surface area contributed by atoms with Crippen molar-refractivity contribution >= 4 is 5.97 Å². The zero-order valence-electron chi connectivity index (χ0n) is 10.0. The SMILES string of the molecule is N.N.N.N.N.N.O=C(O)C(O)c1ccccc1. The molecule has 20 N–H and O–H groups in total. The van der Waals surface area contributed by atoms with Crippen LogP contribution in [0.1, 0.15) is 11.7 Å². The molecule has 0 aromatic heterocycles. The van der Waals surface area contributed by atoms with Crippen LogP contribution in [0.15, 0.2) is 30.3 Å². The lowest BCUT2D eigenvalue weighted by Crippen LogP contribution is -2.09. The minimum atomic E-state index is -1.41. The van der Waals surface area contributed by atoms with Crippen LogP contribution in [0.3, 0.4) is 0 Å². The molecule has 9 heteroatoms. The highest BCUT2D eigenvalue weighted by atomic mass is 16.4. The van der Waals surface area contributed by atoms with Gasteiger partial charge in [-0.15, -0.1) is 0 Å². The van der Waals surface area contributed by atoms with E-state index in [2.05, 4.69) is 0 Å². The van der Waals surface area contributed by atoms with E-state index in [9.17, 15) is 4.79 Å². The first-order valence-corrected chi connectivity index (χ1v) is 3.17. The van der Waals surface area contributed by atoms with Gasteiger partial charge in [-0.2, -0.15) is 0 Å². The Morgan fingerprint density at radius 1 is 0.882 bits per heavy atom. The average Bonchev–Trinajstić information content (AvgIpc) is 2.05. The summed E-state index contributed by atoms with van der Waals surface area (Å²) in [6.07, 6.45) is -1.41. The van der Waals surface area contributed by atoms with Gasteiger partial charge in [0.25, 0.3) is 0 Å². The number of aliphatic hydroxyl groups excluding tert-OH is 1. The van der Waals surface area contributed by atoms with Crippen LogP contribution in [-0.4, -0.2) is 16.2 Å². The first-order valence-electron chi connectivity index (χ1n) is 3.17. The lowest BCUT2D eigenvalue weighted by Gasteiger charge is -2.03. The third-order valence-corrected chi connectivity index (χ3v) is 1.35. The summed E-state index contributed by atoms with van der Waals surface area (Å²) in [5, 5.41) is 17.4. The van der Waals surface area contributed by atoms with Crippen molar-refractivity contribution in [2.75, 3.05) is 0 Å². The first kappa shape index (κ1) is 36.1. The summed E-state index contributed by atoms with van der Waals surface area (Å²) < 4.78 is 0. The molecular weight excluding hydrogens is 228 g/mol. The molecule has 0 fully saturated rings. The van der Waals surface area contributed by atoms with E-state index in [1.807, 2.05) is 0 Å². The number of rotatable bonds is 2. The van der Waals surface area contributed by atoms with Crippen LogP contribution in [0.2, 0.25) is 0 Å². The predicted molar refractivity (Wildman–Crippen MR) is 69.2 cm³/mol. The Morgan fingerprint density at radius 3 is 1.53 bits per heavy atom. The van der Waals surface area contributed by atoms with E-state index in [1.165, 1.54) is 0 Å². The largest absolute Gasteiger partial charge is 0.479 e. The Balaban J connectivity index is -0.0000000504. The second kappa shape index (κ2) is 16.8. The van der Waals surface area contributed by atoms with Gasteiger partial charge >= 0.3 is 5.97 Å². The number of carboxylic acids is 1. The molecule has 17 heavy (non-hydrogen) atoms. The molecule has 0 amide bonds. The molecule has 0 spiro atoms. The third kappa shape index (κ3) is 10.7. The smallest absolute Gasteiger partial charge is 0.337 e. The van der Waals surface area contributed by atoms with Gasteiger partial charge in [0.2, 0.25) is 0 Å². The topological polar surface area (TPSA) is 268 Å². The molecule has 0 heterocycles. The van der Waals surface area contributed by atoms with E-state index in [0.717, 1.165) is 0 Å². The molecule has 0 aliphatic heterocycles. The number of aliphatic carboxylic acids is 1. The maximum Gasteiger partial charge on any atom is 0.337 e. The van der Waals surface area contributed by atoms with Gasteiger partial charge in [0, 0.05) is 0 Å². The summed E-state index contributed by atoms with van der Waals surface area (Å²) in [5.41, 5.74) is 0.403. The second-order valence-electron chi connectivity index (χ2n) is 2.15. The fraction of sp³-hybridized carbons (Fsp3) is 0.125. The van der Waals surface area contributed by atoms with E-state index in [4.69, 9.17) is 10.2 Å². The van der Waals surface area contributed by atoms with Crippen LogP contribution in [0.5, 0.6) is 0 Å². The van der Waals surface area contributed by atoms with Gasteiger partial charge in [-0.05, 0) is 5.56 Å². The van der Waals surface area contributed by atoms with Crippen LogP contribution in [-0.2, 0) is 4.79 Å². The zero-order valence-corrected chi connectivity index (χ0v) is 10.0. The van der Waals surface area contributed by atoms with Gasteiger partial charge in [-0.3, -0.25) is 0 Å². The van der Waals surface area contributed by atoms with Crippen molar-refractivity contribution in [1.29, 1.82) is 0 Å². The van der Waals surface area contributed by atoms with E-state index in [-0.39, 0.29) is 36.9 Å². The summed E-state index contributed by atoms with van der Waals surface area (Å²) in [4.78, 5) is 10.2. The molecule has 0 aliphatic rings. The van der Waals surface area contributed by atoms with Crippen molar-refractivity contribution < 1.29 is 15.0 Å². The molecule has 0 aliphatic carbocycles. The summed E-state index contributed by atoms with van der Waals surface area (Å²) >= 11 is 0. The molecule has 1 aromatic rings. The maximum absolute atomic E-state index is 10.2. The molecule has 0 saturated carbocycles. The van der Waals surface area contributed by atoms with Crippen LogP contribution >= 0.6 is 0 Å². The highest BCUT2D eigenvalue weighted by Gasteiger charge is 2.14. The van der Waals surface area contributed by atoms with Crippen LogP contribution < -0.4 is 36.9 Å². The number of hydrogen-bond donors (Lipinski definition) is 8. The highest BCUT2D eigenvalue weighted by molar-refractivity contribution is 5.73. The fourth-order valence-electron chi connectivity index (χ4n) is 0.778. The van der Waals surface area contributed by atoms with Gasteiger partial charge in [-0.25, -0.2) is 4.79 Å². The van der Waals surface area contributed by atoms with Crippen molar-refractivity contribution in [1.82, 2.24) is 36.9 Å². The molecule has 0 radical (unpaired) electrons. The van der Waals surface area contributed by atoms with Gasteiger partial charge in [-0.1, -0.05) is 30.3 Å². The normalized spacial score (nSPS) is 8.06. The van der Waals surface area contributed by atoms with Gasteiger partial charge in [0.15, 0.2) is 6.10 Å². The molecule has 106 valence electrons. The Labute approximate surface area is 101 Å². The lowest BCUT2D eigenvalue weighted by atomic mass is 10.1. The fourth-order valence-corrected chi connectivity index (χ4v) is 0.778. The molecule has 1 unspecified atom stereocenters. The van der Waals surface area contributed by atoms with Crippen molar-refractivity contribution in [2.24, 2.45) is 0 Å². The minimum Gasteiger partial charge on any atom is -0.479 e. The van der Waals surface area contributed by atoms with Crippen LogP contribution in [0, 0.1) is 0 Å². The second-order valence-corrected chi connectivity index (χ2v) is 2.15. The number of benzene rings is 1. The summed E-state index contributed by atoms with van der Waals surface area (Å²) in [6, 6.07) is 8.26. The number of hydrogen-bond acceptors (Lipinski definition) is 8. The Kier molecular flexibility index (Phi) is 35.8. The van der Waals surface area contributed by atoms with E-state index in [0.29, 0.717) is 5.56 Å². The number of aliphatic hydroxyl groups is 1. The van der Waals surface area contributed by atoms with E-state index in [1.54, 1.807) is 30.3 Å². The molecular formula is C8H26N6O3. The summed E-state index contributed by atoms with van der Waals surface area (Å²) in [5.74, 6) is -1.23. The Morgan fingerprint density at radius 2 is 1.24 bits per heavy atom. The van der Waals surface area contributed by atoms with Crippen molar-refractivity contribution in [3.63, 3.8) is 0 Å². The van der Waals surface area contributed by atoms with Crippen LogP contribution in [0.25, 0.3) is 0 Å². The monoisotopic (exact) mass is 254 g/mol. The molecule has 1 atom stereocenters. The average molecular weight is 254 g/mol. The van der Waals surface area contributed by atoms with Crippen molar-refractivity contribution in [3.05, 3.63) is 35.9 Å². The lowest BCUT2D eigenvalue weighted by molar-refractivity contribution is -0.146. The van der Waals surface area contributed by atoms with Crippen molar-refractivity contribution in [3.8, 4) is 0 Å². The number of carbonyl (C=O) groups is 1. The molecule has 9 nitrogen and oxygen atoms in total. The zero-order chi connectivity index (χ0) is 8.27. The van der Waals surface area contributed by atoms with Crippen molar-refractivity contribution in [2.45, 2.75) is 6.10 Å². The van der Waals surface area contributed by atoms with Gasteiger partial charge < -0.3 is 47.1 Å². The van der Waals surface area contributed by atoms with E-state index >= 15 is 0 Å². The standard InChI is InChI=1S/C8H8O3.6H3N/c9-7(8(10)11)6-4-2-1-3-5-6;;;;;;/h1-5,7,9H,(H,10,11);6*1H3. The third-order valence-electron chi connectivity index (χ3n) is 1.35. The number of carboxylic acid groups (broad SMARTS) is 1. The predicted octanol–water partition coefficient (Wildman–Crippen LogP) is 1.78. The molecule has 0 bridgehead atoms. The highest BCUT2D eigenvalue weighted by Crippen LogP contribution is 2.10. The maximum atomic E-state index is 10.2. The first-order chi connectivity index (χ1) is 5.22. The summed E-state index contributed by atoms with van der Waals surface area (Å²) in [7, 11) is 0. The molecule has 0 saturated heterocycles. The van der Waals surface area contributed by atoms with Gasteiger partial charge in [0.1, 0.15) is 0 Å². The quantitative estimate of drug-likeness (QED) is 0.381. The Hall–Kier alpha value is -1.59. The van der Waals surface area contributed by atoms with Crippen LogP contribution in [0.4, 0.5) is 0 Å². The van der Waals surface area contributed by atoms with Gasteiger partial charge in [0.05, 0.1) is 0 Å². The molecule has 1 aromatic carbocycles. The minimum absolute atomic E-state index is 0. The summed E-state index contributed by atoms with van der Waals surface area (Å²) in [6.45, 7) is 0. The van der Waals surface area contributed by atoms with E-state index < -0.39 is 12.1 Å². The Bertz CT molecular complexity index is 259. The molecule has 1 rings (SSSR count).